The monoisotopic (exact) mass is 607 g/mol. The molecule has 0 radical (unpaired) electrons. The lowest BCUT2D eigenvalue weighted by molar-refractivity contribution is -0.126. The number of carbonyl (C=O) groups is 1. The van der Waals surface area contributed by atoms with Crippen molar-refractivity contribution >= 4 is 33.0 Å². The molecule has 5 heterocycles. The Morgan fingerprint density at radius 3 is 2.83 bits per heavy atom. The predicted molar refractivity (Wildman–Crippen MR) is 147 cm³/mol. The molecule has 10 nitrogen and oxygen atoms in total. The molecule has 4 aromatic rings. The fraction of sp³-hybridized carbons (Fsp3) is 0.481. The van der Waals surface area contributed by atoms with Crippen molar-refractivity contribution in [1.29, 1.82) is 0 Å². The van der Waals surface area contributed by atoms with Crippen molar-refractivity contribution in [3.05, 3.63) is 41.4 Å². The third-order valence-electron chi connectivity index (χ3n) is 8.01. The van der Waals surface area contributed by atoms with Gasteiger partial charge in [0, 0.05) is 25.3 Å². The highest BCUT2D eigenvalue weighted by atomic mass is 32.1. The summed E-state index contributed by atoms with van der Waals surface area (Å²) in [4.78, 5) is 19.2. The number of fused-ring (bicyclic) bond motifs is 3. The summed E-state index contributed by atoms with van der Waals surface area (Å²) in [6.07, 6.45) is -2.97. The Kier molecular flexibility index (Phi) is 7.33. The second kappa shape index (κ2) is 10.8. The first-order valence-corrected chi connectivity index (χ1v) is 14.3. The van der Waals surface area contributed by atoms with Gasteiger partial charge in [0.1, 0.15) is 11.7 Å². The van der Waals surface area contributed by atoms with Gasteiger partial charge in [-0.25, -0.2) is 4.39 Å². The maximum absolute atomic E-state index is 15.4. The van der Waals surface area contributed by atoms with Crippen LogP contribution >= 0.6 is 11.3 Å². The summed E-state index contributed by atoms with van der Waals surface area (Å²) in [5.74, 6) is -0.370. The van der Waals surface area contributed by atoms with E-state index in [4.69, 9.17) is 9.26 Å². The molecule has 42 heavy (non-hydrogen) atoms. The summed E-state index contributed by atoms with van der Waals surface area (Å²) >= 11 is 1.10. The van der Waals surface area contributed by atoms with Crippen LogP contribution in [0.3, 0.4) is 0 Å². The van der Waals surface area contributed by atoms with Crippen molar-refractivity contribution in [1.82, 2.24) is 30.1 Å². The maximum atomic E-state index is 15.4. The van der Waals surface area contributed by atoms with Gasteiger partial charge in [-0.2, -0.15) is 18.2 Å². The van der Waals surface area contributed by atoms with Crippen LogP contribution in [0.2, 0.25) is 0 Å². The SMILES string of the molecule is COc1nn(C)cc1C(=O)NCc1nc(-c2sc3c(N[C@@H]4C[C@@H]5CC[C@H]([C@@H]4F)N5C)cccc3c2CC(F)(F)F)no1. The van der Waals surface area contributed by atoms with E-state index in [0.717, 1.165) is 24.2 Å². The van der Waals surface area contributed by atoms with Crippen molar-refractivity contribution in [2.24, 2.45) is 7.05 Å². The smallest absolute Gasteiger partial charge is 0.393 e. The Bertz CT molecular complexity index is 1620. The number of nitrogens with zero attached hydrogens (tertiary/aromatic N) is 5. The fourth-order valence-corrected chi connectivity index (χ4v) is 7.25. The van der Waals surface area contributed by atoms with E-state index < -0.39 is 30.7 Å². The topological polar surface area (TPSA) is 110 Å². The number of alkyl halides is 4. The van der Waals surface area contributed by atoms with Crippen LogP contribution in [0, 0.1) is 0 Å². The number of ether oxygens (including phenoxy) is 1. The molecule has 2 aliphatic rings. The Balaban J connectivity index is 1.28. The third-order valence-corrected chi connectivity index (χ3v) is 9.29. The Hall–Kier alpha value is -3.72. The van der Waals surface area contributed by atoms with Gasteiger partial charge in [-0.3, -0.25) is 14.4 Å². The average Bonchev–Trinajstić information content (AvgIpc) is 3.70. The van der Waals surface area contributed by atoms with Crippen LogP contribution in [-0.2, 0) is 20.0 Å². The van der Waals surface area contributed by atoms with Gasteiger partial charge in [0.05, 0.1) is 41.4 Å². The van der Waals surface area contributed by atoms with Crippen molar-refractivity contribution < 1.29 is 31.6 Å². The van der Waals surface area contributed by atoms with E-state index in [-0.39, 0.29) is 52.2 Å². The molecule has 2 saturated heterocycles. The number of amides is 1. The molecule has 6 rings (SSSR count). The Labute approximate surface area is 242 Å². The number of anilines is 1. The first kappa shape index (κ1) is 28.4. The number of hydrogen-bond acceptors (Lipinski definition) is 9. The van der Waals surface area contributed by atoms with Gasteiger partial charge >= 0.3 is 6.18 Å². The summed E-state index contributed by atoms with van der Waals surface area (Å²) in [6, 6.07) is 4.71. The highest BCUT2D eigenvalue weighted by Gasteiger charge is 2.46. The zero-order valence-electron chi connectivity index (χ0n) is 23.0. The number of hydrogen-bond donors (Lipinski definition) is 2. The summed E-state index contributed by atoms with van der Waals surface area (Å²) in [6.45, 7) is -0.160. The fourth-order valence-electron chi connectivity index (χ4n) is 6.02. The van der Waals surface area contributed by atoms with Gasteiger partial charge in [0.15, 0.2) is 0 Å². The van der Waals surface area contributed by atoms with E-state index in [1.165, 1.54) is 18.0 Å². The number of carbonyl (C=O) groups excluding carboxylic acids is 1. The van der Waals surface area contributed by atoms with E-state index in [2.05, 4.69) is 30.8 Å². The van der Waals surface area contributed by atoms with Gasteiger partial charge in [0.25, 0.3) is 5.91 Å². The van der Waals surface area contributed by atoms with Crippen molar-refractivity contribution in [3.8, 4) is 16.6 Å². The normalized spacial score (nSPS) is 22.5. The standard InChI is InChI=1S/C27H29F4N7O3S/c1-37-12-16(26(35-37)40-3)25(39)32-11-20-34-24(36-41-20)23-15(10-27(29,30)31)14-5-4-6-17(22(14)42-23)33-18-9-13-7-8-19(21(18)28)38(13)2/h4-6,12-13,18-19,21,33H,7-11H2,1-3H3,(H,32,39)/t13-,18+,19+,21+/m0/s1. The molecule has 2 aliphatic heterocycles. The number of methoxy groups -OCH3 is 1. The number of piperidine rings is 1. The van der Waals surface area contributed by atoms with E-state index >= 15 is 4.39 Å². The minimum atomic E-state index is -4.49. The summed E-state index contributed by atoms with van der Waals surface area (Å²) in [7, 11) is 4.98. The molecule has 1 aromatic carbocycles. The van der Waals surface area contributed by atoms with Gasteiger partial charge in [0.2, 0.25) is 17.6 Å². The predicted octanol–water partition coefficient (Wildman–Crippen LogP) is 4.71. The third kappa shape index (κ3) is 5.30. The van der Waals surface area contributed by atoms with Crippen LogP contribution in [0.5, 0.6) is 5.88 Å². The van der Waals surface area contributed by atoms with Gasteiger partial charge in [-0.05, 0) is 43.3 Å². The van der Waals surface area contributed by atoms with Gasteiger partial charge in [-0.1, -0.05) is 17.3 Å². The van der Waals surface area contributed by atoms with E-state index in [1.807, 2.05) is 7.05 Å². The van der Waals surface area contributed by atoms with Crippen LogP contribution in [0.1, 0.15) is 41.1 Å². The molecular formula is C27H29F4N7O3S. The van der Waals surface area contributed by atoms with Crippen LogP contribution in [0.4, 0.5) is 23.2 Å². The highest BCUT2D eigenvalue weighted by molar-refractivity contribution is 7.23. The van der Waals surface area contributed by atoms with Crippen molar-refractivity contribution in [3.63, 3.8) is 0 Å². The molecule has 15 heteroatoms. The molecule has 2 fully saturated rings. The molecule has 3 aromatic heterocycles. The van der Waals surface area contributed by atoms with Crippen LogP contribution in [0.15, 0.2) is 28.9 Å². The van der Waals surface area contributed by atoms with Crippen LogP contribution < -0.4 is 15.4 Å². The maximum Gasteiger partial charge on any atom is 0.393 e. The number of thiophene rings is 1. The van der Waals surface area contributed by atoms with E-state index in [0.29, 0.717) is 22.2 Å². The van der Waals surface area contributed by atoms with E-state index in [1.54, 1.807) is 25.2 Å². The first-order valence-electron chi connectivity index (χ1n) is 13.4. The lowest BCUT2D eigenvalue weighted by Crippen LogP contribution is -2.53. The van der Waals surface area contributed by atoms with Gasteiger partial charge < -0.3 is 19.9 Å². The number of benzene rings is 1. The Morgan fingerprint density at radius 1 is 1.26 bits per heavy atom. The molecular weight excluding hydrogens is 578 g/mol. The number of aryl methyl sites for hydroxylation is 1. The molecule has 0 unspecified atom stereocenters. The number of aromatic nitrogens is 4. The minimum absolute atomic E-state index is 0.0112. The lowest BCUT2D eigenvalue weighted by Gasteiger charge is -2.39. The molecule has 2 N–H and O–H groups in total. The largest absolute Gasteiger partial charge is 0.479 e. The second-order valence-corrected chi connectivity index (χ2v) is 11.7. The zero-order valence-corrected chi connectivity index (χ0v) is 23.9. The quantitative estimate of drug-likeness (QED) is 0.277. The minimum Gasteiger partial charge on any atom is -0.479 e. The number of nitrogens with one attached hydrogen (secondary N) is 2. The van der Waals surface area contributed by atoms with Crippen LogP contribution in [0.25, 0.3) is 20.8 Å². The van der Waals surface area contributed by atoms with Crippen LogP contribution in [-0.4, -0.2) is 75.4 Å². The molecule has 2 bridgehead atoms. The number of rotatable bonds is 8. The lowest BCUT2D eigenvalue weighted by atomic mass is 9.95. The molecule has 0 aliphatic carbocycles. The van der Waals surface area contributed by atoms with Gasteiger partial charge in [-0.15, -0.1) is 16.4 Å². The Morgan fingerprint density at radius 2 is 2.07 bits per heavy atom. The number of halogens is 4. The average molecular weight is 608 g/mol. The molecule has 0 saturated carbocycles. The molecule has 0 spiro atoms. The highest BCUT2D eigenvalue weighted by Crippen LogP contribution is 2.45. The first-order chi connectivity index (χ1) is 20.0. The summed E-state index contributed by atoms with van der Waals surface area (Å²) in [5, 5.41) is 14.3. The van der Waals surface area contributed by atoms with Crippen molar-refractivity contribution in [2.45, 2.75) is 62.7 Å². The summed E-state index contributed by atoms with van der Waals surface area (Å²) < 4.78 is 69.0. The van der Waals surface area contributed by atoms with E-state index in [9.17, 15) is 18.0 Å². The molecule has 4 atom stereocenters. The molecule has 1 amide bonds. The second-order valence-electron chi connectivity index (χ2n) is 10.7. The van der Waals surface area contributed by atoms with Crippen molar-refractivity contribution in [2.75, 3.05) is 19.5 Å². The summed E-state index contributed by atoms with van der Waals surface area (Å²) in [5.41, 5.74) is 0.790. The zero-order chi connectivity index (χ0) is 29.8. The molecule has 224 valence electrons.